The summed E-state index contributed by atoms with van der Waals surface area (Å²) in [5, 5.41) is 3.54. The van der Waals surface area contributed by atoms with Crippen LogP contribution in [0.3, 0.4) is 0 Å². The van der Waals surface area contributed by atoms with E-state index in [1.54, 1.807) is 0 Å². The summed E-state index contributed by atoms with van der Waals surface area (Å²) in [6.07, 6.45) is 10.9. The first-order valence-corrected chi connectivity index (χ1v) is 9.78. The Morgan fingerprint density at radius 2 is 2.22 bits per heavy atom. The molecule has 0 bridgehead atoms. The molecule has 6 heteroatoms. The van der Waals surface area contributed by atoms with E-state index in [0.717, 1.165) is 38.0 Å². The van der Waals surface area contributed by atoms with Crippen molar-refractivity contribution in [1.29, 1.82) is 0 Å². The van der Waals surface area contributed by atoms with Gasteiger partial charge in [-0.25, -0.2) is 4.98 Å². The summed E-state index contributed by atoms with van der Waals surface area (Å²) in [5.41, 5.74) is 0. The molecule has 2 heterocycles. The van der Waals surface area contributed by atoms with Gasteiger partial charge in [-0.1, -0.05) is 19.3 Å². The van der Waals surface area contributed by atoms with Crippen LogP contribution in [0, 0.1) is 6.92 Å². The van der Waals surface area contributed by atoms with Crippen LogP contribution < -0.4 is 5.32 Å². The summed E-state index contributed by atoms with van der Waals surface area (Å²) < 4.78 is 2.66. The molecule has 5 nitrogen and oxygen atoms in total. The van der Waals surface area contributed by atoms with Gasteiger partial charge in [-0.2, -0.15) is 11.8 Å². The maximum Gasteiger partial charge on any atom is 0.193 e. The highest BCUT2D eigenvalue weighted by Gasteiger charge is 2.38. The fourth-order valence-corrected chi connectivity index (χ4v) is 5.35. The first-order chi connectivity index (χ1) is 11.2. The molecule has 128 valence electrons. The zero-order chi connectivity index (χ0) is 16.1. The normalized spacial score (nSPS) is 21.7. The molecule has 1 aliphatic carbocycles. The van der Waals surface area contributed by atoms with Crippen molar-refractivity contribution in [3.8, 4) is 0 Å². The molecule has 1 saturated carbocycles. The van der Waals surface area contributed by atoms with Gasteiger partial charge in [-0.3, -0.25) is 4.99 Å². The molecule has 3 rings (SSSR count). The van der Waals surface area contributed by atoms with Crippen molar-refractivity contribution in [3.05, 3.63) is 18.2 Å². The standard InChI is InChI=1S/C17H29N5S/c1-15-19-8-10-21(15)11-9-20-16(18-2)22-12-13-23-17(14-22)6-4-3-5-7-17/h8,10H,3-7,9,11-14H2,1-2H3,(H,18,20). The molecule has 1 aliphatic heterocycles. The van der Waals surface area contributed by atoms with Gasteiger partial charge >= 0.3 is 0 Å². The highest BCUT2D eigenvalue weighted by Crippen LogP contribution is 2.42. The number of aromatic nitrogens is 2. The van der Waals surface area contributed by atoms with Gasteiger partial charge in [0.15, 0.2) is 5.96 Å². The lowest BCUT2D eigenvalue weighted by atomic mass is 9.87. The molecule has 0 radical (unpaired) electrons. The minimum atomic E-state index is 0.481. The number of hydrogen-bond acceptors (Lipinski definition) is 3. The Balaban J connectivity index is 1.54. The smallest absolute Gasteiger partial charge is 0.193 e. The number of guanidine groups is 1. The Kier molecular flexibility index (Phi) is 5.51. The number of thioether (sulfide) groups is 1. The largest absolute Gasteiger partial charge is 0.354 e. The SMILES string of the molecule is CN=C(NCCn1ccnc1C)N1CCSC2(CCCCC2)C1. The predicted molar refractivity (Wildman–Crippen MR) is 98.2 cm³/mol. The predicted octanol–water partition coefficient (Wildman–Crippen LogP) is 2.52. The van der Waals surface area contributed by atoms with Gasteiger partial charge in [0.25, 0.3) is 0 Å². The van der Waals surface area contributed by atoms with Gasteiger partial charge in [0.05, 0.1) is 0 Å². The first kappa shape index (κ1) is 16.7. The van der Waals surface area contributed by atoms with E-state index in [2.05, 4.69) is 36.5 Å². The van der Waals surface area contributed by atoms with E-state index in [0.29, 0.717) is 4.75 Å². The van der Waals surface area contributed by atoms with Crippen molar-refractivity contribution in [2.45, 2.75) is 50.3 Å². The lowest BCUT2D eigenvalue weighted by Crippen LogP contribution is -2.53. The van der Waals surface area contributed by atoms with Crippen molar-refractivity contribution in [3.63, 3.8) is 0 Å². The molecule has 23 heavy (non-hydrogen) atoms. The van der Waals surface area contributed by atoms with Gasteiger partial charge in [0, 0.05) is 56.1 Å². The number of nitrogens with one attached hydrogen (secondary N) is 1. The molecular formula is C17H29N5S. The van der Waals surface area contributed by atoms with Gasteiger partial charge in [0.1, 0.15) is 5.82 Å². The van der Waals surface area contributed by atoms with Crippen LogP contribution >= 0.6 is 11.8 Å². The first-order valence-electron chi connectivity index (χ1n) is 8.80. The number of aryl methyl sites for hydroxylation is 1. The van der Waals surface area contributed by atoms with Crippen LogP contribution in [0.4, 0.5) is 0 Å². The van der Waals surface area contributed by atoms with E-state index < -0.39 is 0 Å². The van der Waals surface area contributed by atoms with Gasteiger partial charge in [-0.15, -0.1) is 0 Å². The molecule has 1 N–H and O–H groups in total. The topological polar surface area (TPSA) is 45.5 Å². The summed E-state index contributed by atoms with van der Waals surface area (Å²) in [6.45, 7) is 6.13. The quantitative estimate of drug-likeness (QED) is 0.681. The van der Waals surface area contributed by atoms with Crippen molar-refractivity contribution in [1.82, 2.24) is 19.8 Å². The Bertz CT molecular complexity index is 527. The zero-order valence-corrected chi connectivity index (χ0v) is 15.2. The number of hydrogen-bond donors (Lipinski definition) is 1. The van der Waals surface area contributed by atoms with Gasteiger partial charge in [-0.05, 0) is 19.8 Å². The van der Waals surface area contributed by atoms with E-state index >= 15 is 0 Å². The van der Waals surface area contributed by atoms with E-state index in [9.17, 15) is 0 Å². The summed E-state index contributed by atoms with van der Waals surface area (Å²) in [6, 6.07) is 0. The zero-order valence-electron chi connectivity index (χ0n) is 14.4. The molecule has 1 saturated heterocycles. The van der Waals surface area contributed by atoms with Crippen LogP contribution in [0.25, 0.3) is 0 Å². The van der Waals surface area contributed by atoms with Crippen molar-refractivity contribution >= 4 is 17.7 Å². The minimum Gasteiger partial charge on any atom is -0.354 e. The third-order valence-electron chi connectivity index (χ3n) is 5.08. The summed E-state index contributed by atoms with van der Waals surface area (Å²) in [7, 11) is 1.90. The Morgan fingerprint density at radius 3 is 2.91 bits per heavy atom. The monoisotopic (exact) mass is 335 g/mol. The van der Waals surface area contributed by atoms with Gasteiger partial charge in [0.2, 0.25) is 0 Å². The van der Waals surface area contributed by atoms with Crippen LogP contribution in [-0.2, 0) is 6.54 Å². The number of imidazole rings is 1. The second-order valence-corrected chi connectivity index (χ2v) is 8.22. The van der Waals surface area contributed by atoms with Crippen molar-refractivity contribution in [2.75, 3.05) is 32.4 Å². The lowest BCUT2D eigenvalue weighted by molar-refractivity contribution is 0.293. The van der Waals surface area contributed by atoms with Crippen LogP contribution in [-0.4, -0.2) is 57.6 Å². The molecule has 0 atom stereocenters. The van der Waals surface area contributed by atoms with Crippen LogP contribution in [0.5, 0.6) is 0 Å². The number of aliphatic imine (C=N–C) groups is 1. The second-order valence-electron chi connectivity index (χ2n) is 6.66. The third-order valence-corrected chi connectivity index (χ3v) is 6.62. The molecule has 1 aromatic rings. The Morgan fingerprint density at radius 1 is 1.39 bits per heavy atom. The summed E-state index contributed by atoms with van der Waals surface area (Å²) in [4.78, 5) is 11.3. The fourth-order valence-electron chi connectivity index (χ4n) is 3.78. The Labute approximate surface area is 143 Å². The lowest BCUT2D eigenvalue weighted by Gasteiger charge is -2.45. The Hall–Kier alpha value is -1.17. The third kappa shape index (κ3) is 4.03. The average molecular weight is 336 g/mol. The second kappa shape index (κ2) is 7.60. The van der Waals surface area contributed by atoms with Crippen LogP contribution in [0.2, 0.25) is 0 Å². The van der Waals surface area contributed by atoms with E-state index in [1.165, 1.54) is 37.9 Å². The number of rotatable bonds is 3. The van der Waals surface area contributed by atoms with Gasteiger partial charge < -0.3 is 14.8 Å². The maximum absolute atomic E-state index is 4.53. The molecule has 1 aromatic heterocycles. The molecule has 0 amide bonds. The molecule has 0 unspecified atom stereocenters. The molecule has 0 aromatic carbocycles. The maximum atomic E-state index is 4.53. The number of nitrogens with zero attached hydrogens (tertiary/aromatic N) is 4. The summed E-state index contributed by atoms with van der Waals surface area (Å²) in [5.74, 6) is 3.35. The molecule has 2 aliphatic rings. The molecule has 2 fully saturated rings. The van der Waals surface area contributed by atoms with E-state index in [-0.39, 0.29) is 0 Å². The highest BCUT2D eigenvalue weighted by molar-refractivity contribution is 8.00. The van der Waals surface area contributed by atoms with E-state index in [4.69, 9.17) is 0 Å². The minimum absolute atomic E-state index is 0.481. The molecule has 1 spiro atoms. The van der Waals surface area contributed by atoms with Crippen LogP contribution in [0.15, 0.2) is 17.4 Å². The average Bonchev–Trinajstić information content (AvgIpc) is 2.97. The highest BCUT2D eigenvalue weighted by atomic mass is 32.2. The van der Waals surface area contributed by atoms with Crippen LogP contribution in [0.1, 0.15) is 37.9 Å². The molecular weight excluding hydrogens is 306 g/mol. The summed E-state index contributed by atoms with van der Waals surface area (Å²) >= 11 is 2.21. The van der Waals surface area contributed by atoms with E-state index in [1.807, 2.05) is 26.4 Å². The van der Waals surface area contributed by atoms with Crippen molar-refractivity contribution < 1.29 is 0 Å². The fraction of sp³-hybridized carbons (Fsp3) is 0.765. The van der Waals surface area contributed by atoms with Crippen molar-refractivity contribution in [2.24, 2.45) is 4.99 Å².